The Morgan fingerprint density at radius 2 is 2.00 bits per heavy atom. The van der Waals surface area contributed by atoms with Crippen LogP contribution in [0.15, 0.2) is 18.3 Å². The second kappa shape index (κ2) is 4.97. The Bertz CT molecular complexity index is 510. The van der Waals surface area contributed by atoms with Crippen LogP contribution in [0.2, 0.25) is 0 Å². The van der Waals surface area contributed by atoms with Gasteiger partial charge < -0.3 is 14.5 Å². The van der Waals surface area contributed by atoms with E-state index in [1.165, 1.54) is 0 Å². The first-order valence-corrected chi connectivity index (χ1v) is 6.52. The van der Waals surface area contributed by atoms with Crippen LogP contribution in [0.3, 0.4) is 0 Å². The topological polar surface area (TPSA) is 45.7 Å². The minimum atomic E-state index is -2.75. The maximum atomic E-state index is 12.9. The first-order chi connectivity index (χ1) is 9.57. The quantitative estimate of drug-likeness (QED) is 0.812. The van der Waals surface area contributed by atoms with Crippen LogP contribution in [0.5, 0.6) is 0 Å². The van der Waals surface area contributed by atoms with Crippen LogP contribution in [0.4, 0.5) is 14.6 Å². The molecule has 7 heteroatoms. The molecule has 108 valence electrons. The fourth-order valence-electron chi connectivity index (χ4n) is 2.42. The monoisotopic (exact) mass is 283 g/mol. The molecule has 0 bridgehead atoms. The Morgan fingerprint density at radius 3 is 2.65 bits per heavy atom. The summed E-state index contributed by atoms with van der Waals surface area (Å²) in [6, 6.07) is 3.28. The number of carbonyl (C=O) groups excluding carboxylic acids is 1. The molecule has 1 amide bonds. The van der Waals surface area contributed by atoms with Crippen molar-refractivity contribution in [2.75, 3.05) is 44.3 Å². The van der Waals surface area contributed by atoms with E-state index >= 15 is 0 Å². The third kappa shape index (κ3) is 2.45. The number of likely N-dealkylation sites (tertiary alicyclic amines) is 1. The highest BCUT2D eigenvalue weighted by Crippen LogP contribution is 2.30. The van der Waals surface area contributed by atoms with Crippen molar-refractivity contribution in [1.82, 2.24) is 9.88 Å². The summed E-state index contributed by atoms with van der Waals surface area (Å²) in [7, 11) is 0. The van der Waals surface area contributed by atoms with E-state index in [0.29, 0.717) is 37.7 Å². The molecule has 5 nitrogen and oxygen atoms in total. The lowest BCUT2D eigenvalue weighted by Crippen LogP contribution is -2.58. The van der Waals surface area contributed by atoms with Crippen LogP contribution in [-0.2, 0) is 4.74 Å². The zero-order valence-electron chi connectivity index (χ0n) is 10.9. The number of ether oxygens (including phenoxy) is 1. The second-order valence-corrected chi connectivity index (χ2v) is 4.99. The number of hydrogen-bond donors (Lipinski definition) is 0. The van der Waals surface area contributed by atoms with E-state index in [1.807, 2.05) is 4.90 Å². The fourth-order valence-corrected chi connectivity index (χ4v) is 2.42. The molecule has 0 atom stereocenters. The van der Waals surface area contributed by atoms with Gasteiger partial charge in [-0.15, -0.1) is 0 Å². The number of rotatable bonds is 2. The molecule has 0 aliphatic carbocycles. The van der Waals surface area contributed by atoms with Crippen molar-refractivity contribution in [3.05, 3.63) is 23.9 Å². The van der Waals surface area contributed by atoms with Crippen molar-refractivity contribution in [3.8, 4) is 0 Å². The van der Waals surface area contributed by atoms with Crippen molar-refractivity contribution in [3.63, 3.8) is 0 Å². The Kier molecular flexibility index (Phi) is 3.29. The number of pyridine rings is 1. The Balaban J connectivity index is 1.80. The number of nitrogens with zero attached hydrogens (tertiary/aromatic N) is 3. The van der Waals surface area contributed by atoms with Gasteiger partial charge >= 0.3 is 0 Å². The summed E-state index contributed by atoms with van der Waals surface area (Å²) in [5.41, 5.74) is 0.380. The number of morpholine rings is 1. The lowest BCUT2D eigenvalue weighted by Gasteiger charge is -2.39. The van der Waals surface area contributed by atoms with Crippen molar-refractivity contribution in [1.29, 1.82) is 0 Å². The van der Waals surface area contributed by atoms with Gasteiger partial charge in [0.1, 0.15) is 5.82 Å². The van der Waals surface area contributed by atoms with Crippen molar-refractivity contribution in [2.24, 2.45) is 0 Å². The van der Waals surface area contributed by atoms with Crippen LogP contribution in [0.1, 0.15) is 10.4 Å². The van der Waals surface area contributed by atoms with E-state index < -0.39 is 19.0 Å². The molecule has 3 rings (SSSR count). The van der Waals surface area contributed by atoms with E-state index in [1.54, 1.807) is 18.3 Å². The van der Waals surface area contributed by atoms with Crippen molar-refractivity contribution >= 4 is 11.7 Å². The number of halogens is 2. The van der Waals surface area contributed by atoms with Gasteiger partial charge in [-0.3, -0.25) is 4.79 Å². The molecule has 2 saturated heterocycles. The molecule has 0 unspecified atom stereocenters. The van der Waals surface area contributed by atoms with Crippen LogP contribution >= 0.6 is 0 Å². The van der Waals surface area contributed by atoms with Gasteiger partial charge in [0, 0.05) is 19.3 Å². The first kappa shape index (κ1) is 13.2. The Labute approximate surface area is 115 Å². The largest absolute Gasteiger partial charge is 0.378 e. The highest BCUT2D eigenvalue weighted by molar-refractivity contribution is 5.99. The summed E-state index contributed by atoms with van der Waals surface area (Å²) in [6.07, 6.45) is 1.60. The summed E-state index contributed by atoms with van der Waals surface area (Å²) in [5, 5.41) is 0. The molecule has 0 spiro atoms. The smallest absolute Gasteiger partial charge is 0.282 e. The van der Waals surface area contributed by atoms with Gasteiger partial charge in [-0.1, -0.05) is 0 Å². The number of anilines is 1. The maximum absolute atomic E-state index is 12.9. The molecule has 1 aromatic rings. The molecule has 2 aliphatic heterocycles. The normalized spacial score (nSPS) is 21.5. The molecular weight excluding hydrogens is 268 g/mol. The third-order valence-corrected chi connectivity index (χ3v) is 3.46. The van der Waals surface area contributed by atoms with E-state index in [9.17, 15) is 13.6 Å². The average molecular weight is 283 g/mol. The van der Waals surface area contributed by atoms with E-state index in [-0.39, 0.29) is 5.91 Å². The SMILES string of the molecule is O=C(c1cccnc1N1CCOCC1)N1CC(F)(F)C1. The molecule has 0 saturated carbocycles. The van der Waals surface area contributed by atoms with Gasteiger partial charge in [0.2, 0.25) is 0 Å². The summed E-state index contributed by atoms with van der Waals surface area (Å²) < 4.78 is 31.0. The van der Waals surface area contributed by atoms with Gasteiger partial charge in [0.25, 0.3) is 11.8 Å². The molecule has 2 aliphatic rings. The molecule has 0 N–H and O–H groups in total. The molecule has 0 aromatic carbocycles. The van der Waals surface area contributed by atoms with Gasteiger partial charge in [0.05, 0.1) is 31.9 Å². The third-order valence-electron chi connectivity index (χ3n) is 3.46. The summed E-state index contributed by atoms with van der Waals surface area (Å²) >= 11 is 0. The molecule has 20 heavy (non-hydrogen) atoms. The van der Waals surface area contributed by atoms with Gasteiger partial charge in [-0.25, -0.2) is 13.8 Å². The summed E-state index contributed by atoms with van der Waals surface area (Å²) in [6.45, 7) is 1.42. The highest BCUT2D eigenvalue weighted by atomic mass is 19.3. The maximum Gasteiger partial charge on any atom is 0.282 e. The van der Waals surface area contributed by atoms with Gasteiger partial charge in [-0.05, 0) is 12.1 Å². The van der Waals surface area contributed by atoms with Gasteiger partial charge in [-0.2, -0.15) is 0 Å². The lowest BCUT2D eigenvalue weighted by molar-refractivity contribution is -0.113. The summed E-state index contributed by atoms with van der Waals surface area (Å²) in [5.74, 6) is -2.58. The van der Waals surface area contributed by atoms with Gasteiger partial charge in [0.15, 0.2) is 0 Å². The number of aromatic nitrogens is 1. The molecule has 2 fully saturated rings. The Morgan fingerprint density at radius 1 is 1.30 bits per heavy atom. The lowest BCUT2D eigenvalue weighted by atomic mass is 10.1. The number of amides is 1. The molecule has 1 aromatic heterocycles. The van der Waals surface area contributed by atoms with E-state index in [4.69, 9.17) is 4.74 Å². The molecule has 3 heterocycles. The van der Waals surface area contributed by atoms with Crippen LogP contribution < -0.4 is 4.90 Å². The summed E-state index contributed by atoms with van der Waals surface area (Å²) in [4.78, 5) is 19.6. The van der Waals surface area contributed by atoms with Crippen LogP contribution in [0.25, 0.3) is 0 Å². The molecule has 0 radical (unpaired) electrons. The van der Waals surface area contributed by atoms with E-state index in [2.05, 4.69) is 4.98 Å². The minimum absolute atomic E-state index is 0.380. The van der Waals surface area contributed by atoms with Crippen LogP contribution in [-0.4, -0.2) is 61.1 Å². The first-order valence-electron chi connectivity index (χ1n) is 6.52. The van der Waals surface area contributed by atoms with Crippen LogP contribution in [0, 0.1) is 0 Å². The fraction of sp³-hybridized carbons (Fsp3) is 0.538. The van der Waals surface area contributed by atoms with E-state index in [0.717, 1.165) is 4.90 Å². The Hall–Kier alpha value is -1.76. The van der Waals surface area contributed by atoms with Crippen molar-refractivity contribution < 1.29 is 18.3 Å². The number of alkyl halides is 2. The predicted octanol–water partition coefficient (Wildman–Crippen LogP) is 1.01. The van der Waals surface area contributed by atoms with Crippen molar-refractivity contribution in [2.45, 2.75) is 5.92 Å². The second-order valence-electron chi connectivity index (χ2n) is 4.99. The highest BCUT2D eigenvalue weighted by Gasteiger charge is 2.46. The number of hydrogen-bond acceptors (Lipinski definition) is 4. The average Bonchev–Trinajstić information content (AvgIpc) is 2.45. The zero-order chi connectivity index (χ0) is 14.2. The molecular formula is C13H15F2N3O2. The zero-order valence-corrected chi connectivity index (χ0v) is 10.9. The number of carbonyl (C=O) groups is 1. The standard InChI is InChI=1S/C13H15F2N3O2/c14-13(15)8-18(9-13)12(19)10-2-1-3-16-11(10)17-4-6-20-7-5-17/h1-3H,4-9H2. The predicted molar refractivity (Wildman–Crippen MR) is 68.1 cm³/mol. The minimum Gasteiger partial charge on any atom is -0.378 e.